The Hall–Kier alpha value is -1.26. The van der Waals surface area contributed by atoms with E-state index >= 15 is 0 Å². The number of nitrogens with one attached hydrogen (secondary N) is 1. The summed E-state index contributed by atoms with van der Waals surface area (Å²) in [6.45, 7) is 7.62. The second-order valence-corrected chi connectivity index (χ2v) is 4.94. The van der Waals surface area contributed by atoms with Crippen LogP contribution in [0.1, 0.15) is 16.7 Å². The van der Waals surface area contributed by atoms with Crippen molar-refractivity contribution in [3.05, 3.63) is 28.8 Å². The molecule has 0 saturated heterocycles. The number of halogens is 1. The van der Waals surface area contributed by atoms with Gasteiger partial charge in [-0.05, 0) is 38.9 Å². The second-order valence-electron chi connectivity index (χ2n) is 4.94. The summed E-state index contributed by atoms with van der Waals surface area (Å²) in [7, 11) is 3.66. The highest BCUT2D eigenvalue weighted by atomic mass is 35.5. The number of amides is 1. The van der Waals surface area contributed by atoms with E-state index in [0.717, 1.165) is 23.4 Å². The molecule has 0 radical (unpaired) electrons. The summed E-state index contributed by atoms with van der Waals surface area (Å²) in [4.78, 5) is 13.6. The van der Waals surface area contributed by atoms with Crippen LogP contribution in [0.2, 0.25) is 0 Å². The van der Waals surface area contributed by atoms with Crippen molar-refractivity contribution in [3.63, 3.8) is 0 Å². The smallest absolute Gasteiger partial charge is 0.260 e. The zero-order valence-corrected chi connectivity index (χ0v) is 13.8. The number of carbonyl (C=O) groups excluding carboxylic acids is 1. The number of hydrogen-bond donors (Lipinski definition) is 1. The van der Waals surface area contributed by atoms with E-state index in [2.05, 4.69) is 24.4 Å². The highest BCUT2D eigenvalue weighted by Gasteiger charge is 2.11. The molecule has 1 aromatic rings. The summed E-state index contributed by atoms with van der Waals surface area (Å²) < 4.78 is 5.67. The Morgan fingerprint density at radius 1 is 1.25 bits per heavy atom. The molecule has 0 aliphatic carbocycles. The number of benzene rings is 1. The molecule has 0 fully saturated rings. The van der Waals surface area contributed by atoms with Crippen molar-refractivity contribution in [2.75, 3.05) is 33.8 Å². The lowest BCUT2D eigenvalue weighted by atomic mass is 10.1. The third kappa shape index (κ3) is 5.39. The Bertz CT molecular complexity index is 426. The van der Waals surface area contributed by atoms with Gasteiger partial charge in [0, 0.05) is 20.1 Å². The maximum Gasteiger partial charge on any atom is 0.260 e. The van der Waals surface area contributed by atoms with Crippen LogP contribution in [0.3, 0.4) is 0 Å². The molecular weight excluding hydrogens is 276 g/mol. The quantitative estimate of drug-likeness (QED) is 0.875. The molecule has 5 heteroatoms. The molecule has 0 unspecified atom stereocenters. The van der Waals surface area contributed by atoms with Crippen molar-refractivity contribution >= 4 is 18.3 Å². The molecule has 4 nitrogen and oxygen atoms in total. The molecule has 0 aliphatic rings. The summed E-state index contributed by atoms with van der Waals surface area (Å²) in [6, 6.07) is 4.13. The highest BCUT2D eigenvalue weighted by Crippen LogP contribution is 2.24. The Kier molecular flexibility index (Phi) is 8.26. The van der Waals surface area contributed by atoms with Crippen LogP contribution in [-0.2, 0) is 4.79 Å². The monoisotopic (exact) mass is 300 g/mol. The minimum Gasteiger partial charge on any atom is -0.483 e. The van der Waals surface area contributed by atoms with E-state index in [4.69, 9.17) is 4.74 Å². The molecule has 0 heterocycles. The molecule has 1 aromatic carbocycles. The first-order valence-corrected chi connectivity index (χ1v) is 6.55. The Morgan fingerprint density at radius 2 is 1.80 bits per heavy atom. The second kappa shape index (κ2) is 8.82. The highest BCUT2D eigenvalue weighted by molar-refractivity contribution is 5.85. The van der Waals surface area contributed by atoms with Gasteiger partial charge in [0.2, 0.25) is 0 Å². The topological polar surface area (TPSA) is 41.6 Å². The Morgan fingerprint density at radius 3 is 2.30 bits per heavy atom. The maximum atomic E-state index is 11.9. The van der Waals surface area contributed by atoms with Crippen LogP contribution in [0.15, 0.2) is 12.1 Å². The number of aryl methyl sites for hydroxylation is 3. The van der Waals surface area contributed by atoms with E-state index in [1.807, 2.05) is 20.9 Å². The number of rotatable bonds is 6. The summed E-state index contributed by atoms with van der Waals surface area (Å²) >= 11 is 0. The molecule has 1 amide bonds. The normalized spacial score (nSPS) is 9.85. The molecule has 20 heavy (non-hydrogen) atoms. The van der Waals surface area contributed by atoms with Crippen LogP contribution >= 0.6 is 12.4 Å². The van der Waals surface area contributed by atoms with E-state index in [1.54, 1.807) is 11.9 Å². The van der Waals surface area contributed by atoms with E-state index in [9.17, 15) is 4.79 Å². The maximum absolute atomic E-state index is 11.9. The SMILES string of the molecule is CNCCN(C)C(=O)COc1c(C)cc(C)cc1C.Cl. The third-order valence-electron chi connectivity index (χ3n) is 3.07. The van der Waals surface area contributed by atoms with Crippen LogP contribution in [0.5, 0.6) is 5.75 Å². The van der Waals surface area contributed by atoms with Gasteiger partial charge < -0.3 is 15.0 Å². The first-order chi connectivity index (χ1) is 8.95. The lowest BCUT2D eigenvalue weighted by molar-refractivity contribution is -0.132. The summed E-state index contributed by atoms with van der Waals surface area (Å²) in [6.07, 6.45) is 0. The molecule has 0 saturated carbocycles. The van der Waals surface area contributed by atoms with E-state index < -0.39 is 0 Å². The van der Waals surface area contributed by atoms with E-state index in [1.165, 1.54) is 5.56 Å². The molecular formula is C15H25ClN2O2. The average molecular weight is 301 g/mol. The van der Waals surface area contributed by atoms with Gasteiger partial charge in [-0.3, -0.25) is 4.79 Å². The summed E-state index contributed by atoms with van der Waals surface area (Å²) in [5, 5.41) is 3.02. The molecule has 0 bridgehead atoms. The van der Waals surface area contributed by atoms with Crippen molar-refractivity contribution in [2.24, 2.45) is 0 Å². The van der Waals surface area contributed by atoms with Gasteiger partial charge in [-0.15, -0.1) is 12.4 Å². The van der Waals surface area contributed by atoms with Crippen LogP contribution in [0.25, 0.3) is 0 Å². The molecule has 0 aliphatic heterocycles. The Labute approximate surface area is 127 Å². The molecule has 0 atom stereocenters. The summed E-state index contributed by atoms with van der Waals surface area (Å²) in [5.41, 5.74) is 3.35. The number of ether oxygens (including phenoxy) is 1. The van der Waals surface area contributed by atoms with E-state index in [-0.39, 0.29) is 24.9 Å². The fraction of sp³-hybridized carbons (Fsp3) is 0.533. The molecule has 0 spiro atoms. The predicted octanol–water partition coefficient (Wildman–Crippen LogP) is 2.09. The van der Waals surface area contributed by atoms with Crippen LogP contribution in [0.4, 0.5) is 0 Å². The number of likely N-dealkylation sites (N-methyl/N-ethyl adjacent to an activating group) is 2. The molecule has 1 rings (SSSR count). The predicted molar refractivity (Wildman–Crippen MR) is 85.0 cm³/mol. The molecule has 114 valence electrons. The van der Waals surface area contributed by atoms with Gasteiger partial charge in [0.05, 0.1) is 0 Å². The van der Waals surface area contributed by atoms with Gasteiger partial charge >= 0.3 is 0 Å². The zero-order valence-electron chi connectivity index (χ0n) is 12.9. The van der Waals surface area contributed by atoms with E-state index in [0.29, 0.717) is 6.54 Å². The van der Waals surface area contributed by atoms with Crippen molar-refractivity contribution in [2.45, 2.75) is 20.8 Å². The largest absolute Gasteiger partial charge is 0.483 e. The van der Waals surface area contributed by atoms with Gasteiger partial charge in [-0.2, -0.15) is 0 Å². The third-order valence-corrected chi connectivity index (χ3v) is 3.07. The number of hydrogen-bond acceptors (Lipinski definition) is 3. The first-order valence-electron chi connectivity index (χ1n) is 6.55. The van der Waals surface area contributed by atoms with Gasteiger partial charge in [0.1, 0.15) is 5.75 Å². The van der Waals surface area contributed by atoms with Crippen LogP contribution < -0.4 is 10.1 Å². The van der Waals surface area contributed by atoms with Gasteiger partial charge in [-0.1, -0.05) is 17.7 Å². The first kappa shape index (κ1) is 18.7. The summed E-state index contributed by atoms with van der Waals surface area (Å²) in [5.74, 6) is 0.815. The van der Waals surface area contributed by atoms with Crippen molar-refractivity contribution in [1.82, 2.24) is 10.2 Å². The van der Waals surface area contributed by atoms with Gasteiger partial charge in [0.15, 0.2) is 6.61 Å². The van der Waals surface area contributed by atoms with Crippen molar-refractivity contribution < 1.29 is 9.53 Å². The fourth-order valence-electron chi connectivity index (χ4n) is 2.04. The Balaban J connectivity index is 0.00000361. The number of carbonyl (C=O) groups is 1. The van der Waals surface area contributed by atoms with Gasteiger partial charge in [-0.25, -0.2) is 0 Å². The molecule has 1 N–H and O–H groups in total. The van der Waals surface area contributed by atoms with Gasteiger partial charge in [0.25, 0.3) is 5.91 Å². The lowest BCUT2D eigenvalue weighted by Gasteiger charge is -2.18. The minimum atomic E-state index is -0.00498. The molecule has 0 aromatic heterocycles. The minimum absolute atomic E-state index is 0. The van der Waals surface area contributed by atoms with Crippen LogP contribution in [0, 0.1) is 20.8 Å². The van der Waals surface area contributed by atoms with Crippen molar-refractivity contribution in [3.8, 4) is 5.75 Å². The van der Waals surface area contributed by atoms with Crippen LogP contribution in [-0.4, -0.2) is 44.6 Å². The standard InChI is InChI=1S/C15H24N2O2.ClH/c1-11-8-12(2)15(13(3)9-11)19-10-14(18)17(5)7-6-16-4;/h8-9,16H,6-7,10H2,1-5H3;1H. The average Bonchev–Trinajstić information content (AvgIpc) is 2.34. The van der Waals surface area contributed by atoms with Crippen molar-refractivity contribution in [1.29, 1.82) is 0 Å². The number of nitrogens with zero attached hydrogens (tertiary/aromatic N) is 1. The lowest BCUT2D eigenvalue weighted by Crippen LogP contribution is -2.36. The zero-order chi connectivity index (χ0) is 14.4. The fourth-order valence-corrected chi connectivity index (χ4v) is 2.04.